The molecule has 6 heteroatoms. The third-order valence-corrected chi connectivity index (χ3v) is 5.01. The van der Waals surface area contributed by atoms with Gasteiger partial charge in [0.2, 0.25) is 11.8 Å². The molecule has 3 atom stereocenters. The number of allylic oxidation sites excluding steroid dienone is 2. The summed E-state index contributed by atoms with van der Waals surface area (Å²) >= 11 is 0. The summed E-state index contributed by atoms with van der Waals surface area (Å²) in [6.07, 6.45) is 6.47. The van der Waals surface area contributed by atoms with Crippen LogP contribution in [0.5, 0.6) is 0 Å². The maximum Gasteiger partial charge on any atom is 0.324 e. The number of likely N-dealkylation sites (tertiary alicyclic amines) is 1. The first-order chi connectivity index (χ1) is 9.63. The number of urea groups is 1. The molecule has 106 valence electrons. The van der Waals surface area contributed by atoms with Crippen LogP contribution in [0.3, 0.4) is 0 Å². The van der Waals surface area contributed by atoms with Gasteiger partial charge < -0.3 is 10.2 Å². The lowest BCUT2D eigenvalue weighted by Gasteiger charge is -2.44. The summed E-state index contributed by atoms with van der Waals surface area (Å²) in [6, 6.07) is -0.460. The van der Waals surface area contributed by atoms with Crippen molar-refractivity contribution in [2.75, 3.05) is 19.6 Å². The molecule has 2 aliphatic heterocycles. The van der Waals surface area contributed by atoms with E-state index in [4.69, 9.17) is 0 Å². The van der Waals surface area contributed by atoms with Crippen molar-refractivity contribution in [2.45, 2.75) is 18.9 Å². The number of nitrogens with one attached hydrogen (secondary N) is 1. The Kier molecular flexibility index (Phi) is 2.43. The van der Waals surface area contributed by atoms with Crippen molar-refractivity contribution in [3.8, 4) is 0 Å². The molecule has 2 saturated heterocycles. The second-order valence-electron chi connectivity index (χ2n) is 6.21. The number of carbonyl (C=O) groups is 3. The zero-order chi connectivity index (χ0) is 13.9. The van der Waals surface area contributed by atoms with Crippen LogP contribution in [-0.4, -0.2) is 53.3 Å². The highest BCUT2D eigenvalue weighted by Gasteiger charge is 2.47. The van der Waals surface area contributed by atoms with Crippen LogP contribution in [0, 0.1) is 17.8 Å². The molecule has 0 aromatic heterocycles. The highest BCUT2D eigenvalue weighted by atomic mass is 16.2. The zero-order valence-electron chi connectivity index (χ0n) is 11.1. The number of amides is 4. The summed E-state index contributed by atoms with van der Waals surface area (Å²) in [6.45, 7) is 1.08. The fraction of sp³-hybridized carbons (Fsp3) is 0.643. The van der Waals surface area contributed by atoms with E-state index in [-0.39, 0.29) is 36.3 Å². The fourth-order valence-corrected chi connectivity index (χ4v) is 3.90. The predicted octanol–water partition coefficient (Wildman–Crippen LogP) is -0.0388. The quantitative estimate of drug-likeness (QED) is 0.568. The van der Waals surface area contributed by atoms with Gasteiger partial charge in [-0.05, 0) is 24.7 Å². The standard InChI is InChI=1S/C14H17N3O3/c18-12-5-15-14(20)17(12)10-6-16(7-10)13(19)11-4-8-1-2-9(11)3-8/h1-2,8-11H,3-7H2,(H,15,20). The molecule has 4 amide bonds. The van der Waals surface area contributed by atoms with Gasteiger partial charge in [-0.25, -0.2) is 4.79 Å². The van der Waals surface area contributed by atoms with E-state index in [0.29, 0.717) is 24.9 Å². The van der Waals surface area contributed by atoms with Gasteiger partial charge in [-0.15, -0.1) is 0 Å². The molecule has 20 heavy (non-hydrogen) atoms. The number of carbonyl (C=O) groups excluding carboxylic acids is 3. The van der Waals surface area contributed by atoms with Crippen molar-refractivity contribution in [1.29, 1.82) is 0 Å². The Bertz CT molecular complexity index is 508. The predicted molar refractivity (Wildman–Crippen MR) is 69.5 cm³/mol. The van der Waals surface area contributed by atoms with Crippen LogP contribution in [0.25, 0.3) is 0 Å². The van der Waals surface area contributed by atoms with Gasteiger partial charge in [-0.2, -0.15) is 0 Å². The van der Waals surface area contributed by atoms with Gasteiger partial charge in [-0.3, -0.25) is 14.5 Å². The van der Waals surface area contributed by atoms with Crippen molar-refractivity contribution in [3.05, 3.63) is 12.2 Å². The van der Waals surface area contributed by atoms with E-state index in [1.807, 2.05) is 0 Å². The fourth-order valence-electron chi connectivity index (χ4n) is 3.90. The highest BCUT2D eigenvalue weighted by Crippen LogP contribution is 2.44. The van der Waals surface area contributed by atoms with E-state index in [1.54, 1.807) is 4.90 Å². The highest BCUT2D eigenvalue weighted by molar-refractivity contribution is 6.02. The molecule has 1 N–H and O–H groups in total. The first-order valence-electron chi connectivity index (χ1n) is 7.20. The maximum absolute atomic E-state index is 12.4. The van der Waals surface area contributed by atoms with Crippen molar-refractivity contribution in [3.63, 3.8) is 0 Å². The Morgan fingerprint density at radius 3 is 2.55 bits per heavy atom. The number of hydrogen-bond acceptors (Lipinski definition) is 3. The van der Waals surface area contributed by atoms with Crippen molar-refractivity contribution in [2.24, 2.45) is 17.8 Å². The number of hydrogen-bond donors (Lipinski definition) is 1. The van der Waals surface area contributed by atoms with Crippen LogP contribution < -0.4 is 5.32 Å². The lowest BCUT2D eigenvalue weighted by atomic mass is 9.90. The van der Waals surface area contributed by atoms with E-state index >= 15 is 0 Å². The summed E-state index contributed by atoms with van der Waals surface area (Å²) in [7, 11) is 0. The number of fused-ring (bicyclic) bond motifs is 2. The number of nitrogens with zero attached hydrogens (tertiary/aromatic N) is 2. The molecule has 6 nitrogen and oxygen atoms in total. The molecule has 0 radical (unpaired) electrons. The monoisotopic (exact) mass is 275 g/mol. The second kappa shape index (κ2) is 4.07. The molecule has 3 fully saturated rings. The minimum Gasteiger partial charge on any atom is -0.338 e. The Balaban J connectivity index is 1.37. The topological polar surface area (TPSA) is 69.7 Å². The van der Waals surface area contributed by atoms with Crippen LogP contribution >= 0.6 is 0 Å². The van der Waals surface area contributed by atoms with Crippen molar-refractivity contribution < 1.29 is 14.4 Å². The van der Waals surface area contributed by atoms with Gasteiger partial charge in [0.25, 0.3) is 0 Å². The van der Waals surface area contributed by atoms with Crippen molar-refractivity contribution >= 4 is 17.8 Å². The molecular weight excluding hydrogens is 258 g/mol. The molecule has 4 rings (SSSR count). The summed E-state index contributed by atoms with van der Waals surface area (Å²) in [5, 5.41) is 2.51. The van der Waals surface area contributed by atoms with Crippen LogP contribution in [0.4, 0.5) is 4.79 Å². The molecule has 0 spiro atoms. The van der Waals surface area contributed by atoms with Crippen LogP contribution in [0.15, 0.2) is 12.2 Å². The molecule has 0 aromatic rings. The third-order valence-electron chi connectivity index (χ3n) is 5.01. The molecule has 0 aromatic carbocycles. The van der Waals surface area contributed by atoms with Crippen LogP contribution in [-0.2, 0) is 9.59 Å². The average Bonchev–Trinajstić information content (AvgIpc) is 3.07. The lowest BCUT2D eigenvalue weighted by Crippen LogP contribution is -2.63. The van der Waals surface area contributed by atoms with E-state index in [0.717, 1.165) is 12.8 Å². The van der Waals surface area contributed by atoms with Crippen LogP contribution in [0.1, 0.15) is 12.8 Å². The summed E-state index contributed by atoms with van der Waals surface area (Å²) < 4.78 is 0. The van der Waals surface area contributed by atoms with Gasteiger partial charge in [0.1, 0.15) is 0 Å². The zero-order valence-corrected chi connectivity index (χ0v) is 11.1. The van der Waals surface area contributed by atoms with Gasteiger partial charge in [0.05, 0.1) is 12.6 Å². The molecule has 2 heterocycles. The number of imide groups is 1. The van der Waals surface area contributed by atoms with Gasteiger partial charge in [0, 0.05) is 19.0 Å². The molecular formula is C14H17N3O3. The second-order valence-corrected chi connectivity index (χ2v) is 6.21. The van der Waals surface area contributed by atoms with Crippen LogP contribution in [0.2, 0.25) is 0 Å². The SMILES string of the molecule is O=C(C1CC2C=CC1C2)N1CC(N2C(=O)CNC2=O)C1. The van der Waals surface area contributed by atoms with E-state index in [9.17, 15) is 14.4 Å². The summed E-state index contributed by atoms with van der Waals surface area (Å²) in [5.74, 6) is 1.12. The normalized spacial score (nSPS) is 35.7. The third kappa shape index (κ3) is 1.60. The molecule has 2 aliphatic carbocycles. The van der Waals surface area contributed by atoms with E-state index in [1.165, 1.54) is 4.90 Å². The molecule has 4 aliphatic rings. The smallest absolute Gasteiger partial charge is 0.324 e. The minimum absolute atomic E-state index is 0.0838. The summed E-state index contributed by atoms with van der Waals surface area (Å²) in [5.41, 5.74) is 0. The number of rotatable bonds is 2. The minimum atomic E-state index is -0.324. The average molecular weight is 275 g/mol. The molecule has 1 saturated carbocycles. The molecule has 3 unspecified atom stereocenters. The van der Waals surface area contributed by atoms with Crippen molar-refractivity contribution in [1.82, 2.24) is 15.1 Å². The van der Waals surface area contributed by atoms with Gasteiger partial charge >= 0.3 is 6.03 Å². The first-order valence-corrected chi connectivity index (χ1v) is 7.20. The maximum atomic E-state index is 12.4. The first kappa shape index (κ1) is 11.9. The Labute approximate surface area is 116 Å². The van der Waals surface area contributed by atoms with Gasteiger partial charge in [0.15, 0.2) is 0 Å². The molecule has 2 bridgehead atoms. The lowest BCUT2D eigenvalue weighted by molar-refractivity contribution is -0.146. The largest absolute Gasteiger partial charge is 0.338 e. The Hall–Kier alpha value is -1.85. The van der Waals surface area contributed by atoms with E-state index < -0.39 is 0 Å². The summed E-state index contributed by atoms with van der Waals surface area (Å²) in [4.78, 5) is 38.6. The van der Waals surface area contributed by atoms with E-state index in [2.05, 4.69) is 17.5 Å². The Morgan fingerprint density at radius 2 is 2.00 bits per heavy atom. The Morgan fingerprint density at radius 1 is 1.20 bits per heavy atom. The van der Waals surface area contributed by atoms with Gasteiger partial charge in [-0.1, -0.05) is 12.2 Å².